The van der Waals surface area contributed by atoms with Crippen LogP contribution in [0.2, 0.25) is 0 Å². The Morgan fingerprint density at radius 1 is 1.17 bits per heavy atom. The van der Waals surface area contributed by atoms with E-state index < -0.39 is 23.6 Å². The van der Waals surface area contributed by atoms with E-state index in [-0.39, 0.29) is 34.5 Å². The zero-order valence-electron chi connectivity index (χ0n) is 15.9. The van der Waals surface area contributed by atoms with E-state index in [1.54, 1.807) is 13.0 Å². The fraction of sp³-hybridized carbons (Fsp3) is 0.300. The third-order valence-electron chi connectivity index (χ3n) is 4.69. The number of hydrogen-bond donors (Lipinski definition) is 1. The first-order valence-corrected chi connectivity index (χ1v) is 8.70. The normalized spacial score (nSPS) is 13.9. The summed E-state index contributed by atoms with van der Waals surface area (Å²) in [6.07, 6.45) is -5.05. The van der Waals surface area contributed by atoms with Crippen molar-refractivity contribution in [2.24, 2.45) is 0 Å². The highest BCUT2D eigenvalue weighted by Crippen LogP contribution is 2.45. The molecule has 9 heteroatoms. The number of aliphatic hydroxyl groups is 1. The van der Waals surface area contributed by atoms with Gasteiger partial charge >= 0.3 is 12.1 Å². The molecule has 3 rings (SSSR count). The number of methoxy groups -OCH3 is 2. The second kappa shape index (κ2) is 7.40. The van der Waals surface area contributed by atoms with Gasteiger partial charge in [-0.25, -0.2) is 9.78 Å². The Hall–Kier alpha value is -3.07. The molecule has 1 heterocycles. The van der Waals surface area contributed by atoms with Gasteiger partial charge in [0.1, 0.15) is 11.3 Å². The monoisotopic (exact) mass is 408 g/mol. The maximum atomic E-state index is 14.2. The molecule has 0 aliphatic carbocycles. The zero-order valence-corrected chi connectivity index (χ0v) is 15.9. The lowest BCUT2D eigenvalue weighted by atomic mass is 9.92. The van der Waals surface area contributed by atoms with E-state index in [1.165, 1.54) is 55.2 Å². The highest BCUT2D eigenvalue weighted by Gasteiger charge is 2.59. The van der Waals surface area contributed by atoms with Gasteiger partial charge in [0.25, 0.3) is 0 Å². The van der Waals surface area contributed by atoms with Gasteiger partial charge in [-0.3, -0.25) is 0 Å². The first kappa shape index (κ1) is 20.7. The molecular formula is C20H19F3N2O4. The van der Waals surface area contributed by atoms with Crippen molar-refractivity contribution in [3.05, 3.63) is 59.4 Å². The van der Waals surface area contributed by atoms with Gasteiger partial charge in [-0.2, -0.15) is 13.2 Å². The van der Waals surface area contributed by atoms with Gasteiger partial charge in [0.05, 0.1) is 25.3 Å². The number of fused-ring (bicyclic) bond motifs is 1. The minimum absolute atomic E-state index is 0.0689. The number of ether oxygens (including phenoxy) is 2. The fourth-order valence-corrected chi connectivity index (χ4v) is 3.30. The van der Waals surface area contributed by atoms with Crippen LogP contribution in [0, 0.1) is 0 Å². The first-order valence-electron chi connectivity index (χ1n) is 8.70. The summed E-state index contributed by atoms with van der Waals surface area (Å²) in [5.74, 6) is -1.16. The molecular weight excluding hydrogens is 389 g/mol. The van der Waals surface area contributed by atoms with E-state index in [0.29, 0.717) is 0 Å². The molecule has 0 amide bonds. The van der Waals surface area contributed by atoms with Crippen LogP contribution in [0.4, 0.5) is 13.2 Å². The minimum Gasteiger partial charge on any atom is -0.494 e. The molecule has 1 atom stereocenters. The van der Waals surface area contributed by atoms with E-state index in [9.17, 15) is 23.1 Å². The molecule has 0 bridgehead atoms. The van der Waals surface area contributed by atoms with Gasteiger partial charge in [-0.15, -0.1) is 0 Å². The molecule has 0 aliphatic rings. The van der Waals surface area contributed by atoms with Crippen molar-refractivity contribution >= 4 is 17.0 Å². The van der Waals surface area contributed by atoms with Crippen molar-refractivity contribution in [3.8, 4) is 5.75 Å². The molecule has 0 saturated heterocycles. The van der Waals surface area contributed by atoms with Crippen molar-refractivity contribution in [2.75, 3.05) is 14.2 Å². The van der Waals surface area contributed by atoms with E-state index in [2.05, 4.69) is 9.72 Å². The van der Waals surface area contributed by atoms with Gasteiger partial charge in [-0.1, -0.05) is 30.3 Å². The second-order valence-electron chi connectivity index (χ2n) is 6.29. The highest BCUT2D eigenvalue weighted by molar-refractivity contribution is 5.96. The summed E-state index contributed by atoms with van der Waals surface area (Å²) in [6, 6.07) is 9.40. The molecule has 1 unspecified atom stereocenters. The lowest BCUT2D eigenvalue weighted by Gasteiger charge is -2.30. The SMILES string of the molecule is CCn1c(C(O)(c2ccccc2)C(F)(F)F)nc2cc(C(=O)OC)cc(OC)c21. The van der Waals surface area contributed by atoms with Gasteiger partial charge in [0, 0.05) is 12.1 Å². The summed E-state index contributed by atoms with van der Waals surface area (Å²) in [6.45, 7) is 1.70. The Kier molecular flexibility index (Phi) is 5.27. The van der Waals surface area contributed by atoms with Crippen molar-refractivity contribution in [3.63, 3.8) is 0 Å². The predicted molar refractivity (Wildman–Crippen MR) is 98.8 cm³/mol. The summed E-state index contributed by atoms with van der Waals surface area (Å²) in [5.41, 5.74) is -3.36. The number of alkyl halides is 3. The molecule has 0 fully saturated rings. The third-order valence-corrected chi connectivity index (χ3v) is 4.69. The molecule has 154 valence electrons. The second-order valence-corrected chi connectivity index (χ2v) is 6.29. The van der Waals surface area contributed by atoms with Crippen LogP contribution in [0.3, 0.4) is 0 Å². The highest BCUT2D eigenvalue weighted by atomic mass is 19.4. The van der Waals surface area contributed by atoms with Gasteiger partial charge in [-0.05, 0) is 19.1 Å². The van der Waals surface area contributed by atoms with Crippen molar-refractivity contribution in [1.29, 1.82) is 0 Å². The third kappa shape index (κ3) is 3.21. The molecule has 0 spiro atoms. The molecule has 0 saturated carbocycles. The van der Waals surface area contributed by atoms with Crippen LogP contribution in [0.5, 0.6) is 5.75 Å². The molecule has 0 aliphatic heterocycles. The van der Waals surface area contributed by atoms with E-state index >= 15 is 0 Å². The molecule has 1 aromatic heterocycles. The van der Waals surface area contributed by atoms with Crippen LogP contribution in [0.25, 0.3) is 11.0 Å². The van der Waals surface area contributed by atoms with Crippen LogP contribution < -0.4 is 4.74 Å². The maximum Gasteiger partial charge on any atom is 0.428 e. The molecule has 29 heavy (non-hydrogen) atoms. The number of carbonyl (C=O) groups excluding carboxylic acids is 1. The smallest absolute Gasteiger partial charge is 0.428 e. The summed E-state index contributed by atoms with van der Waals surface area (Å²) >= 11 is 0. The summed E-state index contributed by atoms with van der Waals surface area (Å²) in [4.78, 5) is 16.0. The Balaban J connectivity index is 2.40. The van der Waals surface area contributed by atoms with Crippen LogP contribution in [-0.2, 0) is 16.9 Å². The van der Waals surface area contributed by atoms with Crippen LogP contribution >= 0.6 is 0 Å². The van der Waals surface area contributed by atoms with Crippen LogP contribution in [-0.4, -0.2) is 41.0 Å². The van der Waals surface area contributed by atoms with Crippen molar-refractivity contribution in [1.82, 2.24) is 9.55 Å². The molecule has 0 radical (unpaired) electrons. The van der Waals surface area contributed by atoms with Crippen molar-refractivity contribution in [2.45, 2.75) is 25.2 Å². The quantitative estimate of drug-likeness (QED) is 0.653. The number of rotatable bonds is 5. The van der Waals surface area contributed by atoms with E-state index in [4.69, 9.17) is 4.74 Å². The minimum atomic E-state index is -5.05. The average Bonchev–Trinajstić information content (AvgIpc) is 3.10. The number of aryl methyl sites for hydroxylation is 1. The number of benzene rings is 2. The Morgan fingerprint density at radius 3 is 2.34 bits per heavy atom. The zero-order chi connectivity index (χ0) is 21.4. The summed E-state index contributed by atoms with van der Waals surface area (Å²) < 4.78 is 53.7. The molecule has 1 N–H and O–H groups in total. The lowest BCUT2D eigenvalue weighted by Crippen LogP contribution is -2.45. The number of carbonyl (C=O) groups is 1. The average molecular weight is 408 g/mol. The summed E-state index contributed by atoms with van der Waals surface area (Å²) in [7, 11) is 2.52. The Bertz CT molecular complexity index is 1050. The lowest BCUT2D eigenvalue weighted by molar-refractivity contribution is -0.252. The van der Waals surface area contributed by atoms with E-state index in [0.717, 1.165) is 0 Å². The number of halogens is 3. The van der Waals surface area contributed by atoms with Crippen LogP contribution in [0.15, 0.2) is 42.5 Å². The van der Waals surface area contributed by atoms with Crippen LogP contribution in [0.1, 0.15) is 28.7 Å². The standard InChI is InChI=1S/C20H19F3N2O4/c1-4-25-16-14(10-12(17(26)29-3)11-15(16)28-2)24-18(25)19(27,20(21,22)23)13-8-6-5-7-9-13/h5-11,27H,4H2,1-3H3. The molecule has 3 aromatic rings. The first-order chi connectivity index (χ1) is 13.7. The van der Waals surface area contributed by atoms with Gasteiger partial charge < -0.3 is 19.1 Å². The van der Waals surface area contributed by atoms with Gasteiger partial charge in [0.15, 0.2) is 5.82 Å². The maximum absolute atomic E-state index is 14.2. The Labute approximate surface area is 164 Å². The fourth-order valence-electron chi connectivity index (χ4n) is 3.30. The van der Waals surface area contributed by atoms with E-state index in [1.807, 2.05) is 0 Å². The van der Waals surface area contributed by atoms with Crippen molar-refractivity contribution < 1.29 is 32.5 Å². The number of imidazole rings is 1. The molecule has 6 nitrogen and oxygen atoms in total. The Morgan fingerprint density at radius 2 is 1.83 bits per heavy atom. The summed E-state index contributed by atoms with van der Waals surface area (Å²) in [5, 5.41) is 11.0. The number of esters is 1. The largest absolute Gasteiger partial charge is 0.494 e. The number of nitrogens with zero attached hydrogens (tertiary/aromatic N) is 2. The number of hydrogen-bond acceptors (Lipinski definition) is 5. The van der Waals surface area contributed by atoms with Gasteiger partial charge in [0.2, 0.25) is 5.60 Å². The topological polar surface area (TPSA) is 73.6 Å². The molecule has 2 aromatic carbocycles. The predicted octanol–water partition coefficient (Wildman–Crippen LogP) is 3.65. The number of aromatic nitrogens is 2.